The molecule has 0 unspecified atom stereocenters. The quantitative estimate of drug-likeness (QED) is 0.819. The van der Waals surface area contributed by atoms with Crippen LogP contribution in [0.2, 0.25) is 0 Å². The fourth-order valence-electron chi connectivity index (χ4n) is 2.22. The largest absolute Gasteiger partial charge is 0.396 e. The minimum Gasteiger partial charge on any atom is -0.396 e. The van der Waals surface area contributed by atoms with Crippen LogP contribution in [0.25, 0.3) is 11.4 Å². The van der Waals surface area contributed by atoms with Gasteiger partial charge in [-0.1, -0.05) is 44.2 Å². The van der Waals surface area contributed by atoms with E-state index in [-0.39, 0.29) is 12.0 Å². The van der Waals surface area contributed by atoms with Gasteiger partial charge in [-0.3, -0.25) is 0 Å². The minimum atomic E-state index is -0.0713. The van der Waals surface area contributed by atoms with Crippen molar-refractivity contribution in [2.45, 2.75) is 26.7 Å². The normalized spacial score (nSPS) is 11.4. The number of hydrogen-bond acceptors (Lipinski definition) is 4. The zero-order valence-corrected chi connectivity index (χ0v) is 12.7. The average molecular weight is 285 g/mol. The van der Waals surface area contributed by atoms with Crippen LogP contribution in [0.15, 0.2) is 42.7 Å². The van der Waals surface area contributed by atoms with Crippen molar-refractivity contribution in [2.75, 3.05) is 18.5 Å². The molecule has 0 aliphatic heterocycles. The smallest absolute Gasteiger partial charge is 0.159 e. The molecule has 0 saturated carbocycles. The summed E-state index contributed by atoms with van der Waals surface area (Å²) in [5.74, 6) is 0.723. The molecule has 2 aromatic rings. The van der Waals surface area contributed by atoms with Crippen LogP contribution >= 0.6 is 0 Å². The summed E-state index contributed by atoms with van der Waals surface area (Å²) in [4.78, 5) is 8.78. The van der Waals surface area contributed by atoms with E-state index in [9.17, 15) is 5.11 Å². The maximum absolute atomic E-state index is 9.58. The molecular weight excluding hydrogens is 262 g/mol. The summed E-state index contributed by atoms with van der Waals surface area (Å²) in [6, 6.07) is 9.91. The lowest BCUT2D eigenvalue weighted by atomic mass is 9.83. The summed E-state index contributed by atoms with van der Waals surface area (Å²) in [6.07, 6.45) is 5.47. The van der Waals surface area contributed by atoms with E-state index < -0.39 is 0 Å². The Morgan fingerprint density at radius 1 is 1.05 bits per heavy atom. The van der Waals surface area contributed by atoms with Crippen LogP contribution in [-0.2, 0) is 0 Å². The standard InChI is InChI=1S/C17H23N3O/c1-3-17(4-2,13-21)12-20-15-10-18-16(19-11-15)14-8-6-5-7-9-14/h5-11,20-21H,3-4,12-13H2,1-2H3. The first-order valence-corrected chi connectivity index (χ1v) is 7.45. The number of nitrogens with one attached hydrogen (secondary N) is 1. The summed E-state index contributed by atoms with van der Waals surface area (Å²) >= 11 is 0. The van der Waals surface area contributed by atoms with Crippen molar-refractivity contribution in [3.8, 4) is 11.4 Å². The van der Waals surface area contributed by atoms with Gasteiger partial charge in [-0.2, -0.15) is 0 Å². The van der Waals surface area contributed by atoms with Crippen LogP contribution < -0.4 is 5.32 Å². The van der Waals surface area contributed by atoms with Gasteiger partial charge in [0, 0.05) is 17.5 Å². The van der Waals surface area contributed by atoms with Crippen molar-refractivity contribution in [1.29, 1.82) is 0 Å². The molecule has 1 heterocycles. The molecule has 0 aliphatic rings. The summed E-state index contributed by atoms with van der Waals surface area (Å²) in [5, 5.41) is 12.9. The fraction of sp³-hybridized carbons (Fsp3) is 0.412. The van der Waals surface area contributed by atoms with E-state index in [1.165, 1.54) is 0 Å². The predicted octanol–water partition coefficient (Wildman–Crippen LogP) is 3.35. The lowest BCUT2D eigenvalue weighted by Gasteiger charge is -2.29. The van der Waals surface area contributed by atoms with E-state index in [1.54, 1.807) is 12.4 Å². The molecule has 0 radical (unpaired) electrons. The lowest BCUT2D eigenvalue weighted by molar-refractivity contribution is 0.127. The number of anilines is 1. The maximum Gasteiger partial charge on any atom is 0.159 e. The molecular formula is C17H23N3O. The molecule has 21 heavy (non-hydrogen) atoms. The predicted molar refractivity (Wildman–Crippen MR) is 86.1 cm³/mol. The zero-order valence-electron chi connectivity index (χ0n) is 12.7. The van der Waals surface area contributed by atoms with Gasteiger partial charge in [0.15, 0.2) is 5.82 Å². The Morgan fingerprint density at radius 3 is 2.19 bits per heavy atom. The number of aliphatic hydroxyl groups excluding tert-OH is 1. The van der Waals surface area contributed by atoms with Crippen molar-refractivity contribution >= 4 is 5.69 Å². The molecule has 2 N–H and O–H groups in total. The Kier molecular flexibility index (Phi) is 5.28. The number of benzene rings is 1. The molecule has 0 fully saturated rings. The van der Waals surface area contributed by atoms with E-state index in [1.807, 2.05) is 30.3 Å². The SMILES string of the molecule is CCC(CC)(CO)CNc1cnc(-c2ccccc2)nc1. The van der Waals surface area contributed by atoms with E-state index in [4.69, 9.17) is 0 Å². The number of rotatable bonds is 7. The second-order valence-corrected chi connectivity index (χ2v) is 5.38. The highest BCUT2D eigenvalue weighted by atomic mass is 16.3. The topological polar surface area (TPSA) is 58.0 Å². The Labute approximate surface area is 126 Å². The Bertz CT molecular complexity index is 527. The third-order valence-electron chi connectivity index (χ3n) is 4.19. The van der Waals surface area contributed by atoms with Crippen LogP contribution in [0, 0.1) is 5.41 Å². The number of hydrogen-bond donors (Lipinski definition) is 2. The van der Waals surface area contributed by atoms with E-state index in [0.717, 1.165) is 36.5 Å². The molecule has 0 amide bonds. The highest BCUT2D eigenvalue weighted by molar-refractivity contribution is 5.55. The van der Waals surface area contributed by atoms with E-state index >= 15 is 0 Å². The third kappa shape index (κ3) is 3.79. The monoisotopic (exact) mass is 285 g/mol. The molecule has 112 valence electrons. The fourth-order valence-corrected chi connectivity index (χ4v) is 2.22. The zero-order chi connectivity index (χ0) is 15.1. The molecule has 2 rings (SSSR count). The third-order valence-corrected chi connectivity index (χ3v) is 4.19. The molecule has 0 aliphatic carbocycles. The number of nitrogens with zero attached hydrogens (tertiary/aromatic N) is 2. The molecule has 0 spiro atoms. The molecule has 1 aromatic carbocycles. The molecule has 0 saturated heterocycles. The second-order valence-electron chi connectivity index (χ2n) is 5.38. The maximum atomic E-state index is 9.58. The Balaban J connectivity index is 2.03. The van der Waals surface area contributed by atoms with Gasteiger partial charge in [0.25, 0.3) is 0 Å². The van der Waals surface area contributed by atoms with Crippen LogP contribution in [0.1, 0.15) is 26.7 Å². The summed E-state index contributed by atoms with van der Waals surface area (Å²) in [7, 11) is 0. The molecule has 0 bridgehead atoms. The molecule has 0 atom stereocenters. The first-order chi connectivity index (χ1) is 10.2. The molecule has 1 aromatic heterocycles. The van der Waals surface area contributed by atoms with Gasteiger partial charge in [0.05, 0.1) is 24.7 Å². The van der Waals surface area contributed by atoms with Gasteiger partial charge >= 0.3 is 0 Å². The number of aliphatic hydroxyl groups is 1. The molecule has 4 nitrogen and oxygen atoms in total. The van der Waals surface area contributed by atoms with Gasteiger partial charge in [-0.15, -0.1) is 0 Å². The van der Waals surface area contributed by atoms with E-state index in [2.05, 4.69) is 29.1 Å². The lowest BCUT2D eigenvalue weighted by Crippen LogP contribution is -2.32. The number of aromatic nitrogens is 2. The summed E-state index contributed by atoms with van der Waals surface area (Å²) < 4.78 is 0. The van der Waals surface area contributed by atoms with Gasteiger partial charge in [0.2, 0.25) is 0 Å². The van der Waals surface area contributed by atoms with Crippen LogP contribution in [0.4, 0.5) is 5.69 Å². The first-order valence-electron chi connectivity index (χ1n) is 7.45. The van der Waals surface area contributed by atoms with Crippen molar-refractivity contribution < 1.29 is 5.11 Å². The average Bonchev–Trinajstić information content (AvgIpc) is 2.58. The Hall–Kier alpha value is -1.94. The highest BCUT2D eigenvalue weighted by Crippen LogP contribution is 2.26. The first kappa shape index (κ1) is 15.4. The summed E-state index contributed by atoms with van der Waals surface area (Å²) in [6.45, 7) is 5.13. The van der Waals surface area contributed by atoms with Crippen LogP contribution in [0.5, 0.6) is 0 Å². The summed E-state index contributed by atoms with van der Waals surface area (Å²) in [5.41, 5.74) is 1.82. The van der Waals surface area contributed by atoms with E-state index in [0.29, 0.717) is 0 Å². The Morgan fingerprint density at radius 2 is 1.67 bits per heavy atom. The van der Waals surface area contributed by atoms with Gasteiger partial charge < -0.3 is 10.4 Å². The van der Waals surface area contributed by atoms with Crippen LogP contribution in [0.3, 0.4) is 0 Å². The van der Waals surface area contributed by atoms with Crippen molar-refractivity contribution in [3.63, 3.8) is 0 Å². The van der Waals surface area contributed by atoms with Crippen molar-refractivity contribution in [1.82, 2.24) is 9.97 Å². The van der Waals surface area contributed by atoms with Gasteiger partial charge in [-0.05, 0) is 12.8 Å². The minimum absolute atomic E-state index is 0.0713. The van der Waals surface area contributed by atoms with Gasteiger partial charge in [-0.25, -0.2) is 9.97 Å². The molecule has 4 heteroatoms. The van der Waals surface area contributed by atoms with Crippen molar-refractivity contribution in [3.05, 3.63) is 42.7 Å². The second kappa shape index (κ2) is 7.18. The van der Waals surface area contributed by atoms with Gasteiger partial charge in [0.1, 0.15) is 0 Å². The highest BCUT2D eigenvalue weighted by Gasteiger charge is 2.24. The van der Waals surface area contributed by atoms with Crippen LogP contribution in [-0.4, -0.2) is 28.2 Å². The van der Waals surface area contributed by atoms with Crippen molar-refractivity contribution in [2.24, 2.45) is 5.41 Å².